The van der Waals surface area contributed by atoms with Gasteiger partial charge in [0.2, 0.25) is 23.5 Å². The zero-order valence-electron chi connectivity index (χ0n) is 19.9. The molecule has 2 heterocycles. The van der Waals surface area contributed by atoms with Gasteiger partial charge in [0.1, 0.15) is 5.60 Å². The van der Waals surface area contributed by atoms with Crippen LogP contribution < -0.4 is 21.3 Å². The van der Waals surface area contributed by atoms with Gasteiger partial charge in [0.25, 0.3) is 0 Å². The fourth-order valence-electron chi connectivity index (χ4n) is 3.78. The van der Waals surface area contributed by atoms with Crippen LogP contribution >= 0.6 is 11.6 Å². The van der Waals surface area contributed by atoms with Crippen LogP contribution in [0.5, 0.6) is 0 Å². The van der Waals surface area contributed by atoms with Gasteiger partial charge in [-0.15, -0.1) is 0 Å². The van der Waals surface area contributed by atoms with E-state index in [2.05, 4.69) is 20.6 Å². The molecule has 0 saturated carbocycles. The van der Waals surface area contributed by atoms with Crippen molar-refractivity contribution >= 4 is 46.5 Å². The second-order valence-corrected chi connectivity index (χ2v) is 9.34. The van der Waals surface area contributed by atoms with E-state index in [1.165, 1.54) is 0 Å². The molecule has 1 aliphatic rings. The molecule has 1 saturated heterocycles. The number of aliphatic hydroxyl groups is 1. The number of hydrogen-bond donors (Lipinski definition) is 4. The van der Waals surface area contributed by atoms with Crippen molar-refractivity contribution in [2.75, 3.05) is 41.8 Å². The van der Waals surface area contributed by atoms with Crippen LogP contribution in [0.1, 0.15) is 33.6 Å². The van der Waals surface area contributed by atoms with Gasteiger partial charge in [0, 0.05) is 49.8 Å². The fourth-order valence-corrected chi connectivity index (χ4v) is 3.91. The van der Waals surface area contributed by atoms with Gasteiger partial charge in [-0.05, 0) is 45.0 Å². The number of anilines is 4. The Bertz CT molecular complexity index is 1070. The Morgan fingerprint density at radius 1 is 1.31 bits per heavy atom. The molecule has 0 atom stereocenters. The molecule has 1 aromatic heterocycles. The Balaban J connectivity index is 2.02. The molecule has 0 bridgehead atoms. The topological polar surface area (TPSA) is 169 Å². The van der Waals surface area contributed by atoms with Crippen LogP contribution in [0, 0.1) is 10.1 Å². The van der Waals surface area contributed by atoms with Gasteiger partial charge in [-0.2, -0.15) is 9.97 Å². The van der Waals surface area contributed by atoms with E-state index in [-0.39, 0.29) is 55.7 Å². The van der Waals surface area contributed by atoms with Crippen molar-refractivity contribution in [1.82, 2.24) is 9.97 Å². The summed E-state index contributed by atoms with van der Waals surface area (Å²) in [7, 11) is 0. The van der Waals surface area contributed by atoms with E-state index in [4.69, 9.17) is 22.1 Å². The molecule has 35 heavy (non-hydrogen) atoms. The Hall–Kier alpha value is -3.22. The average Bonchev–Trinajstić information content (AvgIpc) is 2.79. The van der Waals surface area contributed by atoms with Crippen molar-refractivity contribution in [2.45, 2.75) is 44.8 Å². The number of ether oxygens (including phenoxy) is 1. The van der Waals surface area contributed by atoms with Gasteiger partial charge in [-0.3, -0.25) is 14.9 Å². The minimum absolute atomic E-state index is 0.0304. The monoisotopic (exact) mass is 507 g/mol. The molecule has 1 amide bonds. The molecular weight excluding hydrogens is 478 g/mol. The van der Waals surface area contributed by atoms with Crippen molar-refractivity contribution in [3.05, 3.63) is 39.4 Å². The lowest BCUT2D eigenvalue weighted by molar-refractivity contribution is -0.383. The minimum atomic E-state index is -1.13. The predicted molar refractivity (Wildman–Crippen MR) is 133 cm³/mol. The highest BCUT2D eigenvalue weighted by Gasteiger charge is 2.42. The minimum Gasteiger partial charge on any atom is -0.389 e. The number of amides is 1. The molecule has 0 aliphatic carbocycles. The van der Waals surface area contributed by atoms with E-state index in [1.807, 2.05) is 0 Å². The summed E-state index contributed by atoms with van der Waals surface area (Å²) in [6.45, 7) is 5.94. The van der Waals surface area contributed by atoms with Crippen LogP contribution in [0.3, 0.4) is 0 Å². The smallest absolute Gasteiger partial charge is 0.353 e. The maximum atomic E-state index is 12.2. The first-order valence-electron chi connectivity index (χ1n) is 11.2. The number of rotatable bonds is 10. The Labute approximate surface area is 208 Å². The average molecular weight is 508 g/mol. The molecule has 190 valence electrons. The third-order valence-electron chi connectivity index (χ3n) is 5.57. The quantitative estimate of drug-likeness (QED) is 0.277. The maximum Gasteiger partial charge on any atom is 0.353 e. The SMILES string of the molecule is CCOC1(C(N)=O)CCN(c2nc(NCC(C)(C)O)nc(Nc3ccc(Cl)cc3)c2[N+](=O)[O-])CC1. The highest BCUT2D eigenvalue weighted by atomic mass is 35.5. The van der Waals surface area contributed by atoms with E-state index < -0.39 is 22.0 Å². The predicted octanol–water partition coefficient (Wildman–Crippen LogP) is 2.83. The van der Waals surface area contributed by atoms with E-state index in [1.54, 1.807) is 49.9 Å². The number of hydrogen-bond acceptors (Lipinski definition) is 10. The summed E-state index contributed by atoms with van der Waals surface area (Å²) in [5, 5.41) is 28.7. The van der Waals surface area contributed by atoms with Crippen molar-refractivity contribution in [2.24, 2.45) is 5.73 Å². The molecule has 1 aromatic carbocycles. The number of nitrogens with two attached hydrogens (primary N) is 1. The lowest BCUT2D eigenvalue weighted by atomic mass is 9.90. The van der Waals surface area contributed by atoms with Crippen LogP contribution in [0.2, 0.25) is 5.02 Å². The van der Waals surface area contributed by atoms with Gasteiger partial charge >= 0.3 is 5.69 Å². The zero-order valence-corrected chi connectivity index (χ0v) is 20.6. The van der Waals surface area contributed by atoms with Crippen LogP contribution in [-0.4, -0.2) is 63.3 Å². The van der Waals surface area contributed by atoms with E-state index in [9.17, 15) is 20.0 Å². The van der Waals surface area contributed by atoms with Crippen LogP contribution in [0.4, 0.5) is 29.0 Å². The first kappa shape index (κ1) is 26.4. The summed E-state index contributed by atoms with van der Waals surface area (Å²) in [6, 6.07) is 6.63. The number of halogens is 1. The van der Waals surface area contributed by atoms with Gasteiger partial charge in [-0.25, -0.2) is 0 Å². The molecule has 1 fully saturated rings. The van der Waals surface area contributed by atoms with Crippen LogP contribution in [-0.2, 0) is 9.53 Å². The number of nitrogens with one attached hydrogen (secondary N) is 2. The number of carbonyl (C=O) groups excluding carboxylic acids is 1. The summed E-state index contributed by atoms with van der Waals surface area (Å²) in [6.07, 6.45) is 0.507. The van der Waals surface area contributed by atoms with Crippen molar-refractivity contribution < 1.29 is 19.6 Å². The highest BCUT2D eigenvalue weighted by molar-refractivity contribution is 6.30. The fraction of sp³-hybridized carbons (Fsp3) is 0.500. The second kappa shape index (κ2) is 10.6. The second-order valence-electron chi connectivity index (χ2n) is 8.90. The molecule has 0 radical (unpaired) electrons. The number of nitrogens with zero attached hydrogens (tertiary/aromatic N) is 4. The van der Waals surface area contributed by atoms with Crippen molar-refractivity contribution in [1.29, 1.82) is 0 Å². The lowest BCUT2D eigenvalue weighted by Gasteiger charge is -2.39. The number of nitro groups is 1. The largest absolute Gasteiger partial charge is 0.389 e. The molecule has 13 heteroatoms. The molecule has 3 rings (SSSR count). The molecular formula is C22H30ClN7O5. The van der Waals surface area contributed by atoms with Gasteiger partial charge < -0.3 is 31.1 Å². The summed E-state index contributed by atoms with van der Waals surface area (Å²) in [5.74, 6) is -0.416. The molecule has 0 spiro atoms. The van der Waals surface area contributed by atoms with E-state index in [0.717, 1.165) is 0 Å². The number of primary amides is 1. The van der Waals surface area contributed by atoms with Gasteiger partial charge in [0.15, 0.2) is 0 Å². The van der Waals surface area contributed by atoms with Crippen molar-refractivity contribution in [3.63, 3.8) is 0 Å². The van der Waals surface area contributed by atoms with E-state index in [0.29, 0.717) is 17.3 Å². The van der Waals surface area contributed by atoms with Gasteiger partial charge in [0.05, 0.1) is 10.5 Å². The highest BCUT2D eigenvalue weighted by Crippen LogP contribution is 2.38. The molecule has 5 N–H and O–H groups in total. The number of aromatic nitrogens is 2. The standard InChI is InChI=1S/C22H30ClN7O5/c1-4-35-22(19(24)31)9-11-29(12-10-22)18-16(30(33)34)17(26-15-7-5-14(23)6-8-15)27-20(28-18)25-13-21(2,3)32/h5-8,32H,4,9-13H2,1-3H3,(H2,24,31)(H2,25,26,27,28). The number of carbonyl (C=O) groups is 1. The Morgan fingerprint density at radius 2 is 1.94 bits per heavy atom. The summed E-state index contributed by atoms with van der Waals surface area (Å²) < 4.78 is 5.67. The summed E-state index contributed by atoms with van der Waals surface area (Å²) >= 11 is 5.95. The van der Waals surface area contributed by atoms with Gasteiger partial charge in [-0.1, -0.05) is 11.6 Å². The normalized spacial score (nSPS) is 15.5. The molecule has 0 unspecified atom stereocenters. The van der Waals surface area contributed by atoms with Crippen LogP contribution in [0.25, 0.3) is 0 Å². The molecule has 1 aliphatic heterocycles. The molecule has 12 nitrogen and oxygen atoms in total. The first-order chi connectivity index (χ1) is 16.4. The Kier molecular flexibility index (Phi) is 7.98. The Morgan fingerprint density at radius 3 is 2.46 bits per heavy atom. The molecule has 2 aromatic rings. The lowest BCUT2D eigenvalue weighted by Crippen LogP contribution is -2.54. The van der Waals surface area contributed by atoms with Crippen molar-refractivity contribution in [3.8, 4) is 0 Å². The summed E-state index contributed by atoms with van der Waals surface area (Å²) in [4.78, 5) is 34.1. The van der Waals surface area contributed by atoms with E-state index >= 15 is 0 Å². The number of piperidine rings is 1. The maximum absolute atomic E-state index is 12.2. The summed E-state index contributed by atoms with van der Waals surface area (Å²) in [5.41, 5.74) is 3.63. The first-order valence-corrected chi connectivity index (χ1v) is 11.6. The third kappa shape index (κ3) is 6.47. The third-order valence-corrected chi connectivity index (χ3v) is 5.83. The zero-order chi connectivity index (χ0) is 25.8. The van der Waals surface area contributed by atoms with Crippen LogP contribution in [0.15, 0.2) is 24.3 Å². The number of benzene rings is 1.